The lowest BCUT2D eigenvalue weighted by molar-refractivity contribution is -0.137. The van der Waals surface area contributed by atoms with Gasteiger partial charge in [-0.05, 0) is 35.0 Å². The molecule has 1 aromatic carbocycles. The van der Waals surface area contributed by atoms with E-state index in [1.165, 1.54) is 13.2 Å². The number of carbonyl (C=O) groups excluding carboxylic acids is 2. The van der Waals surface area contributed by atoms with Crippen molar-refractivity contribution in [2.24, 2.45) is 0 Å². The number of aromatic nitrogens is 4. The molecule has 0 saturated carbocycles. The Hall–Kier alpha value is -3.21. The summed E-state index contributed by atoms with van der Waals surface area (Å²) in [5.74, 6) is 0.505. The van der Waals surface area contributed by atoms with Gasteiger partial charge >= 0.3 is 5.97 Å². The summed E-state index contributed by atoms with van der Waals surface area (Å²) in [4.78, 5) is 26.4. The van der Waals surface area contributed by atoms with Gasteiger partial charge in [0.15, 0.2) is 30.5 Å². The van der Waals surface area contributed by atoms with Crippen molar-refractivity contribution in [3.05, 3.63) is 29.6 Å². The minimum absolute atomic E-state index is 0.0375. The van der Waals surface area contributed by atoms with Gasteiger partial charge in [0.1, 0.15) is 0 Å². The molecule has 0 unspecified atom stereocenters. The molecular weight excluding hydrogens is 406 g/mol. The minimum Gasteiger partial charge on any atom is -0.493 e. The van der Waals surface area contributed by atoms with E-state index in [4.69, 9.17) is 18.9 Å². The molecule has 11 heteroatoms. The molecule has 0 N–H and O–H groups in total. The third-order valence-corrected chi connectivity index (χ3v) is 4.78. The minimum atomic E-state index is -0.542. The van der Waals surface area contributed by atoms with Crippen LogP contribution >= 0.6 is 0 Å². The predicted octanol–water partition coefficient (Wildman–Crippen LogP) is 1.08. The summed E-state index contributed by atoms with van der Waals surface area (Å²) in [6, 6.07) is 4.64. The fraction of sp³-hybridized carbons (Fsp3) is 0.550. The molecule has 0 spiro atoms. The Morgan fingerprint density at radius 2 is 2.00 bits per heavy atom. The number of ether oxygens (including phenoxy) is 4. The average Bonchev–Trinajstić information content (AvgIpc) is 3.27. The monoisotopic (exact) mass is 433 g/mol. The molecule has 0 atom stereocenters. The van der Waals surface area contributed by atoms with Crippen molar-refractivity contribution in [1.82, 2.24) is 25.1 Å². The fourth-order valence-electron chi connectivity index (χ4n) is 2.98. The molecule has 3 rings (SSSR count). The number of nitrogens with zero attached hydrogens (tertiary/aromatic N) is 5. The molecule has 1 saturated heterocycles. The van der Waals surface area contributed by atoms with Crippen molar-refractivity contribution in [3.63, 3.8) is 0 Å². The van der Waals surface area contributed by atoms with Crippen LogP contribution in [0.15, 0.2) is 18.2 Å². The summed E-state index contributed by atoms with van der Waals surface area (Å²) < 4.78 is 23.1. The quantitative estimate of drug-likeness (QED) is 0.507. The van der Waals surface area contributed by atoms with Gasteiger partial charge in [-0.1, -0.05) is 13.3 Å². The number of benzene rings is 1. The highest BCUT2D eigenvalue weighted by Gasteiger charge is 2.19. The summed E-state index contributed by atoms with van der Waals surface area (Å²) >= 11 is 0. The maximum atomic E-state index is 12.4. The molecule has 0 bridgehead atoms. The summed E-state index contributed by atoms with van der Waals surface area (Å²) in [5, 5.41) is 11.4. The summed E-state index contributed by atoms with van der Waals surface area (Å²) in [7, 11) is 1.46. The highest BCUT2D eigenvalue weighted by atomic mass is 16.5. The summed E-state index contributed by atoms with van der Waals surface area (Å²) in [6.45, 7) is 4.72. The van der Waals surface area contributed by atoms with Crippen molar-refractivity contribution < 1.29 is 28.5 Å². The molecule has 1 fully saturated rings. The molecule has 0 radical (unpaired) electrons. The van der Waals surface area contributed by atoms with Gasteiger partial charge in [-0.25, -0.2) is 9.48 Å². The maximum absolute atomic E-state index is 12.4. The van der Waals surface area contributed by atoms with Crippen LogP contribution in [0.1, 0.15) is 35.9 Å². The molecular formula is C20H27N5O6. The third-order valence-electron chi connectivity index (χ3n) is 4.78. The van der Waals surface area contributed by atoms with Crippen LogP contribution in [0.25, 0.3) is 0 Å². The van der Waals surface area contributed by atoms with Crippen molar-refractivity contribution in [3.8, 4) is 11.5 Å². The SMILES string of the molecule is CCCCn1nnnc1COC(=O)c1ccc(OCC(=O)N2CCOCC2)c(OC)c1. The Labute approximate surface area is 180 Å². The Balaban J connectivity index is 1.56. The first-order valence-electron chi connectivity index (χ1n) is 10.2. The van der Waals surface area contributed by atoms with Crippen LogP contribution in [0.2, 0.25) is 0 Å². The largest absolute Gasteiger partial charge is 0.493 e. The number of tetrazole rings is 1. The van der Waals surface area contributed by atoms with Crippen LogP contribution in [0, 0.1) is 0 Å². The first-order chi connectivity index (χ1) is 15.1. The van der Waals surface area contributed by atoms with Gasteiger partial charge in [-0.2, -0.15) is 0 Å². The molecule has 31 heavy (non-hydrogen) atoms. The van der Waals surface area contributed by atoms with E-state index >= 15 is 0 Å². The molecule has 168 valence electrons. The summed E-state index contributed by atoms with van der Waals surface area (Å²) in [5.41, 5.74) is 0.288. The molecule has 1 aliphatic rings. The summed E-state index contributed by atoms with van der Waals surface area (Å²) in [6.07, 6.45) is 1.93. The Morgan fingerprint density at radius 1 is 1.19 bits per heavy atom. The van der Waals surface area contributed by atoms with Gasteiger partial charge in [0.25, 0.3) is 5.91 Å². The van der Waals surface area contributed by atoms with E-state index in [1.807, 2.05) is 0 Å². The van der Waals surface area contributed by atoms with Gasteiger partial charge in [0.05, 0.1) is 25.9 Å². The number of morpholine rings is 1. The lowest BCUT2D eigenvalue weighted by Crippen LogP contribution is -2.43. The smallest absolute Gasteiger partial charge is 0.338 e. The molecule has 1 amide bonds. The normalized spacial score (nSPS) is 13.7. The van der Waals surface area contributed by atoms with Crippen LogP contribution in [-0.4, -0.2) is 77.0 Å². The number of amides is 1. The third kappa shape index (κ3) is 6.14. The van der Waals surface area contributed by atoms with Crippen molar-refractivity contribution in [1.29, 1.82) is 0 Å². The number of carbonyl (C=O) groups is 2. The molecule has 2 heterocycles. The van der Waals surface area contributed by atoms with Gasteiger partial charge in [0.2, 0.25) is 0 Å². The zero-order valence-electron chi connectivity index (χ0n) is 17.8. The van der Waals surface area contributed by atoms with Gasteiger partial charge in [-0.15, -0.1) is 5.10 Å². The van der Waals surface area contributed by atoms with Crippen LogP contribution in [0.4, 0.5) is 0 Å². The Bertz CT molecular complexity index is 881. The van der Waals surface area contributed by atoms with E-state index in [2.05, 4.69) is 22.4 Å². The standard InChI is InChI=1S/C20H27N5O6/c1-3-4-7-25-18(21-22-23-25)13-31-20(27)15-5-6-16(17(12-15)28-2)30-14-19(26)24-8-10-29-11-9-24/h5-6,12H,3-4,7-11,13-14H2,1-2H3. The van der Waals surface area contributed by atoms with E-state index in [-0.39, 0.29) is 24.7 Å². The van der Waals surface area contributed by atoms with Crippen LogP contribution < -0.4 is 9.47 Å². The van der Waals surface area contributed by atoms with E-state index in [0.29, 0.717) is 50.2 Å². The predicted molar refractivity (Wildman–Crippen MR) is 108 cm³/mol. The lowest BCUT2D eigenvalue weighted by Gasteiger charge is -2.26. The topological polar surface area (TPSA) is 118 Å². The Kier molecular flexibility index (Phi) is 8.16. The van der Waals surface area contributed by atoms with Crippen LogP contribution in [-0.2, 0) is 27.4 Å². The number of hydrogen-bond acceptors (Lipinski definition) is 9. The zero-order chi connectivity index (χ0) is 22.1. The number of hydrogen-bond donors (Lipinski definition) is 0. The fourth-order valence-corrected chi connectivity index (χ4v) is 2.98. The van der Waals surface area contributed by atoms with E-state index < -0.39 is 5.97 Å². The second kappa shape index (κ2) is 11.3. The average molecular weight is 433 g/mol. The highest BCUT2D eigenvalue weighted by Crippen LogP contribution is 2.28. The second-order valence-electron chi connectivity index (χ2n) is 6.90. The number of unbranched alkanes of at least 4 members (excludes halogenated alkanes) is 1. The van der Waals surface area contributed by atoms with E-state index in [9.17, 15) is 9.59 Å². The maximum Gasteiger partial charge on any atom is 0.338 e. The zero-order valence-corrected chi connectivity index (χ0v) is 17.8. The van der Waals surface area contributed by atoms with Crippen molar-refractivity contribution >= 4 is 11.9 Å². The van der Waals surface area contributed by atoms with Crippen molar-refractivity contribution in [2.75, 3.05) is 40.0 Å². The highest BCUT2D eigenvalue weighted by molar-refractivity contribution is 5.90. The van der Waals surface area contributed by atoms with E-state index in [0.717, 1.165) is 12.8 Å². The number of esters is 1. The number of aryl methyl sites for hydroxylation is 1. The number of methoxy groups -OCH3 is 1. The van der Waals surface area contributed by atoms with E-state index in [1.54, 1.807) is 21.7 Å². The second-order valence-corrected chi connectivity index (χ2v) is 6.90. The Morgan fingerprint density at radius 3 is 2.74 bits per heavy atom. The molecule has 11 nitrogen and oxygen atoms in total. The van der Waals surface area contributed by atoms with Gasteiger partial charge in [-0.3, -0.25) is 4.79 Å². The van der Waals surface area contributed by atoms with Gasteiger partial charge in [0, 0.05) is 19.6 Å². The molecule has 1 aliphatic heterocycles. The van der Waals surface area contributed by atoms with Gasteiger partial charge < -0.3 is 23.8 Å². The van der Waals surface area contributed by atoms with Crippen LogP contribution in [0.5, 0.6) is 11.5 Å². The number of rotatable bonds is 10. The molecule has 1 aromatic heterocycles. The molecule has 2 aromatic rings. The first kappa shape index (κ1) is 22.5. The lowest BCUT2D eigenvalue weighted by atomic mass is 10.2. The van der Waals surface area contributed by atoms with Crippen molar-refractivity contribution in [2.45, 2.75) is 32.9 Å². The first-order valence-corrected chi connectivity index (χ1v) is 10.2. The molecule has 0 aliphatic carbocycles. The van der Waals surface area contributed by atoms with Crippen LogP contribution in [0.3, 0.4) is 0 Å².